The highest BCUT2D eigenvalue weighted by Crippen LogP contribution is 2.37. The second kappa shape index (κ2) is 7.52. The SMILES string of the molecule is c1cnnc(CSSSCc2cnccn2)c1. The van der Waals surface area contributed by atoms with Crippen molar-refractivity contribution in [2.75, 3.05) is 0 Å². The third-order valence-corrected chi connectivity index (χ3v) is 5.79. The predicted molar refractivity (Wildman–Crippen MR) is 74.2 cm³/mol. The Labute approximate surface area is 111 Å². The molecule has 2 aromatic heterocycles. The van der Waals surface area contributed by atoms with Crippen molar-refractivity contribution >= 4 is 31.4 Å². The summed E-state index contributed by atoms with van der Waals surface area (Å²) in [5.41, 5.74) is 2.01. The molecule has 0 amide bonds. The van der Waals surface area contributed by atoms with Gasteiger partial charge < -0.3 is 0 Å². The van der Waals surface area contributed by atoms with Gasteiger partial charge in [0.1, 0.15) is 0 Å². The van der Waals surface area contributed by atoms with Crippen LogP contribution in [0.2, 0.25) is 0 Å². The average molecular weight is 282 g/mol. The maximum Gasteiger partial charge on any atom is 0.0738 e. The maximum absolute atomic E-state index is 4.21. The molecule has 0 aliphatic carbocycles. The van der Waals surface area contributed by atoms with Gasteiger partial charge in [-0.25, -0.2) is 0 Å². The first-order valence-electron chi connectivity index (χ1n) is 4.88. The molecule has 0 aliphatic heterocycles. The lowest BCUT2D eigenvalue weighted by atomic mass is 10.4. The van der Waals surface area contributed by atoms with E-state index in [1.165, 1.54) is 0 Å². The molecule has 0 N–H and O–H groups in total. The Morgan fingerprint density at radius 3 is 2.59 bits per heavy atom. The van der Waals surface area contributed by atoms with E-state index in [4.69, 9.17) is 0 Å². The molecule has 0 radical (unpaired) electrons. The summed E-state index contributed by atoms with van der Waals surface area (Å²) in [5, 5.41) is 7.85. The largest absolute Gasteiger partial charge is 0.261 e. The van der Waals surface area contributed by atoms with Crippen molar-refractivity contribution in [2.45, 2.75) is 11.5 Å². The average Bonchev–Trinajstić information content (AvgIpc) is 2.41. The van der Waals surface area contributed by atoms with Crippen LogP contribution in [0.1, 0.15) is 11.4 Å². The predicted octanol–water partition coefficient (Wildman–Crippen LogP) is 3.00. The molecule has 88 valence electrons. The van der Waals surface area contributed by atoms with Crippen molar-refractivity contribution in [3.05, 3.63) is 48.3 Å². The summed E-state index contributed by atoms with van der Waals surface area (Å²) in [6.45, 7) is 0. The second-order valence-electron chi connectivity index (χ2n) is 3.00. The monoisotopic (exact) mass is 282 g/mol. The standard InChI is InChI=1S/C10H10N4S3/c1-2-9(14-13-3-1)7-15-17-16-8-10-6-11-4-5-12-10/h1-6H,7-8H2. The topological polar surface area (TPSA) is 51.6 Å². The molecule has 0 aromatic carbocycles. The van der Waals surface area contributed by atoms with E-state index in [0.717, 1.165) is 22.9 Å². The van der Waals surface area contributed by atoms with Gasteiger partial charge in [0.05, 0.1) is 11.4 Å². The van der Waals surface area contributed by atoms with E-state index < -0.39 is 0 Å². The van der Waals surface area contributed by atoms with Gasteiger partial charge in [-0.2, -0.15) is 10.2 Å². The highest BCUT2D eigenvalue weighted by atomic mass is 33.5. The fraction of sp³-hybridized carbons (Fsp3) is 0.200. The molecular formula is C10H10N4S3. The fourth-order valence-electron chi connectivity index (χ4n) is 1.02. The van der Waals surface area contributed by atoms with Crippen LogP contribution in [-0.2, 0) is 11.5 Å². The fourth-order valence-corrected chi connectivity index (χ4v) is 4.42. The minimum Gasteiger partial charge on any atom is -0.261 e. The van der Waals surface area contributed by atoms with Crippen molar-refractivity contribution < 1.29 is 0 Å². The lowest BCUT2D eigenvalue weighted by Gasteiger charge is -1.99. The van der Waals surface area contributed by atoms with Crippen LogP contribution >= 0.6 is 31.4 Å². The van der Waals surface area contributed by atoms with Crippen molar-refractivity contribution in [3.8, 4) is 0 Å². The maximum atomic E-state index is 4.21. The van der Waals surface area contributed by atoms with Gasteiger partial charge in [-0.15, -0.1) is 0 Å². The first-order chi connectivity index (χ1) is 8.45. The zero-order valence-corrected chi connectivity index (χ0v) is 11.3. The molecule has 0 atom stereocenters. The number of rotatable bonds is 6. The van der Waals surface area contributed by atoms with Crippen LogP contribution < -0.4 is 0 Å². The summed E-state index contributed by atoms with van der Waals surface area (Å²) in [4.78, 5) is 8.23. The molecule has 0 unspecified atom stereocenters. The lowest BCUT2D eigenvalue weighted by Crippen LogP contribution is -1.87. The molecule has 2 heterocycles. The molecule has 0 spiro atoms. The molecule has 7 heteroatoms. The normalized spacial score (nSPS) is 10.4. The Balaban J connectivity index is 1.61. The molecule has 4 nitrogen and oxygen atoms in total. The number of hydrogen-bond donors (Lipinski definition) is 0. The van der Waals surface area contributed by atoms with Gasteiger partial charge in [0.15, 0.2) is 0 Å². The van der Waals surface area contributed by atoms with Gasteiger partial charge >= 0.3 is 0 Å². The summed E-state index contributed by atoms with van der Waals surface area (Å²) in [5.74, 6) is 1.73. The van der Waals surface area contributed by atoms with E-state index in [2.05, 4.69) is 20.2 Å². The summed E-state index contributed by atoms with van der Waals surface area (Å²) in [7, 11) is 5.25. The third kappa shape index (κ3) is 4.93. The molecule has 0 saturated heterocycles. The van der Waals surface area contributed by atoms with Gasteiger partial charge in [0.25, 0.3) is 0 Å². The van der Waals surface area contributed by atoms with E-state index in [-0.39, 0.29) is 0 Å². The van der Waals surface area contributed by atoms with Crippen LogP contribution in [0, 0.1) is 0 Å². The quantitative estimate of drug-likeness (QED) is 0.596. The van der Waals surface area contributed by atoms with Crippen LogP contribution in [0.15, 0.2) is 36.9 Å². The Kier molecular flexibility index (Phi) is 5.60. The lowest BCUT2D eigenvalue weighted by molar-refractivity contribution is 0.972. The van der Waals surface area contributed by atoms with E-state index >= 15 is 0 Å². The Morgan fingerprint density at radius 2 is 1.88 bits per heavy atom. The first-order valence-corrected chi connectivity index (χ1v) is 8.70. The minimum atomic E-state index is 0.867. The first kappa shape index (κ1) is 12.7. The van der Waals surface area contributed by atoms with Gasteiger partial charge in [-0.05, 0) is 22.0 Å². The summed E-state index contributed by atoms with van der Waals surface area (Å²) < 4.78 is 0. The van der Waals surface area contributed by atoms with Crippen molar-refractivity contribution in [3.63, 3.8) is 0 Å². The van der Waals surface area contributed by atoms with Crippen LogP contribution in [0.5, 0.6) is 0 Å². The summed E-state index contributed by atoms with van der Waals surface area (Å²) >= 11 is 0. The molecule has 17 heavy (non-hydrogen) atoms. The molecular weight excluding hydrogens is 272 g/mol. The van der Waals surface area contributed by atoms with Crippen LogP contribution in [0.25, 0.3) is 0 Å². The number of aromatic nitrogens is 4. The molecule has 0 aliphatic rings. The summed E-state index contributed by atoms with van der Waals surface area (Å²) in [6, 6.07) is 3.88. The number of hydrogen-bond acceptors (Lipinski definition) is 7. The van der Waals surface area contributed by atoms with Crippen molar-refractivity contribution in [2.24, 2.45) is 0 Å². The van der Waals surface area contributed by atoms with E-state index in [9.17, 15) is 0 Å². The molecule has 0 fully saturated rings. The van der Waals surface area contributed by atoms with Gasteiger partial charge in [0, 0.05) is 36.3 Å². The Morgan fingerprint density at radius 1 is 1.00 bits per heavy atom. The van der Waals surface area contributed by atoms with Crippen molar-refractivity contribution in [1.82, 2.24) is 20.2 Å². The van der Waals surface area contributed by atoms with Crippen molar-refractivity contribution in [1.29, 1.82) is 0 Å². The van der Waals surface area contributed by atoms with Gasteiger partial charge in [0.2, 0.25) is 0 Å². The Bertz CT molecular complexity index is 385. The van der Waals surface area contributed by atoms with Crippen LogP contribution in [-0.4, -0.2) is 20.2 Å². The molecule has 2 aromatic rings. The van der Waals surface area contributed by atoms with E-state index in [1.54, 1.807) is 56.2 Å². The molecule has 2 rings (SSSR count). The smallest absolute Gasteiger partial charge is 0.0738 e. The zero-order chi connectivity index (χ0) is 11.8. The van der Waals surface area contributed by atoms with Crippen LogP contribution in [0.3, 0.4) is 0 Å². The van der Waals surface area contributed by atoms with Gasteiger partial charge in [-0.1, -0.05) is 21.6 Å². The highest BCUT2D eigenvalue weighted by Gasteiger charge is 1.98. The third-order valence-electron chi connectivity index (χ3n) is 1.75. The van der Waals surface area contributed by atoms with Gasteiger partial charge in [-0.3, -0.25) is 9.97 Å². The molecule has 0 bridgehead atoms. The van der Waals surface area contributed by atoms with Crippen LogP contribution in [0.4, 0.5) is 0 Å². The summed E-state index contributed by atoms with van der Waals surface area (Å²) in [6.07, 6.45) is 6.88. The van der Waals surface area contributed by atoms with E-state index in [1.807, 2.05) is 12.1 Å². The number of nitrogens with zero attached hydrogens (tertiary/aromatic N) is 4. The molecule has 0 saturated carbocycles. The highest BCUT2D eigenvalue weighted by molar-refractivity contribution is 9.09. The van der Waals surface area contributed by atoms with E-state index in [0.29, 0.717) is 0 Å². The minimum absolute atomic E-state index is 0.867. The second-order valence-corrected chi connectivity index (χ2v) is 7.24. The zero-order valence-electron chi connectivity index (χ0n) is 8.89. The Hall–Kier alpha value is -0.790.